The van der Waals surface area contributed by atoms with Gasteiger partial charge in [-0.2, -0.15) is 0 Å². The average molecular weight is 428 g/mol. The van der Waals surface area contributed by atoms with Crippen molar-refractivity contribution in [2.45, 2.75) is 38.8 Å². The Balaban J connectivity index is 1.61. The number of fused-ring (bicyclic) bond motifs is 1. The number of hydrogen-bond donors (Lipinski definition) is 1. The molecule has 1 fully saturated rings. The lowest BCUT2D eigenvalue weighted by molar-refractivity contribution is 0.0919. The highest BCUT2D eigenvalue weighted by Crippen LogP contribution is 2.38. The third kappa shape index (κ3) is 3.85. The van der Waals surface area contributed by atoms with Gasteiger partial charge in [0, 0.05) is 19.6 Å². The molecule has 2 aliphatic rings. The first-order valence-electron chi connectivity index (χ1n) is 10.7. The zero-order valence-corrected chi connectivity index (χ0v) is 17.9. The van der Waals surface area contributed by atoms with E-state index in [4.69, 9.17) is 15.2 Å². The molecule has 166 valence electrons. The minimum absolute atomic E-state index is 0.0337. The van der Waals surface area contributed by atoms with Crippen LogP contribution in [0.2, 0.25) is 0 Å². The van der Waals surface area contributed by atoms with E-state index in [0.29, 0.717) is 31.9 Å². The maximum Gasteiger partial charge on any atom is 0.332 e. The summed E-state index contributed by atoms with van der Waals surface area (Å²) < 4.78 is 13.6. The highest BCUT2D eigenvalue weighted by atomic mass is 16.6. The van der Waals surface area contributed by atoms with Gasteiger partial charge in [0.25, 0.3) is 5.56 Å². The Kier molecular flexibility index (Phi) is 5.86. The van der Waals surface area contributed by atoms with E-state index < -0.39 is 11.2 Å². The number of Topliss-reactive ketones (excluding diaryl/α,β-unsaturated/α-hetero) is 1. The van der Waals surface area contributed by atoms with Crippen LogP contribution in [-0.2, 0) is 13.6 Å². The van der Waals surface area contributed by atoms with Gasteiger partial charge in [0.15, 0.2) is 17.3 Å². The Morgan fingerprint density at radius 3 is 2.68 bits per heavy atom. The summed E-state index contributed by atoms with van der Waals surface area (Å²) in [5.41, 5.74) is 5.91. The molecule has 0 spiro atoms. The number of carbonyl (C=O) groups excluding carboxylic acids is 1. The minimum atomic E-state index is -0.644. The molecule has 1 atom stereocenters. The predicted molar refractivity (Wildman–Crippen MR) is 116 cm³/mol. The van der Waals surface area contributed by atoms with Crippen molar-refractivity contribution in [2.24, 2.45) is 7.05 Å². The SMILES string of the molecule is CCCn1c(N)c(C(=O)CN2CCC[C@@H]2c2ccc3c(c2)OCCO3)c(=O)n(C)c1=O. The number of nitrogen functional groups attached to an aromatic ring is 1. The smallest absolute Gasteiger partial charge is 0.332 e. The van der Waals surface area contributed by atoms with Gasteiger partial charge in [-0.3, -0.25) is 23.6 Å². The van der Waals surface area contributed by atoms with E-state index >= 15 is 0 Å². The largest absolute Gasteiger partial charge is 0.486 e. The third-order valence-electron chi connectivity index (χ3n) is 5.97. The van der Waals surface area contributed by atoms with Crippen LogP contribution < -0.4 is 26.5 Å². The summed E-state index contributed by atoms with van der Waals surface area (Å²) >= 11 is 0. The normalized spacial score (nSPS) is 18.3. The summed E-state index contributed by atoms with van der Waals surface area (Å²) in [5.74, 6) is 1.03. The van der Waals surface area contributed by atoms with Gasteiger partial charge in [-0.05, 0) is 43.5 Å². The highest BCUT2D eigenvalue weighted by molar-refractivity contribution is 6.01. The number of ketones is 1. The van der Waals surface area contributed by atoms with Crippen molar-refractivity contribution in [3.05, 3.63) is 50.2 Å². The fourth-order valence-electron chi connectivity index (χ4n) is 4.41. The first-order valence-corrected chi connectivity index (χ1v) is 10.7. The molecule has 9 heteroatoms. The molecule has 31 heavy (non-hydrogen) atoms. The first kappa shape index (κ1) is 21.2. The van der Waals surface area contributed by atoms with Gasteiger partial charge in [-0.1, -0.05) is 13.0 Å². The number of rotatable bonds is 6. The average Bonchev–Trinajstić information content (AvgIpc) is 3.23. The Morgan fingerprint density at radius 1 is 1.19 bits per heavy atom. The van der Waals surface area contributed by atoms with Crippen LogP contribution >= 0.6 is 0 Å². The molecule has 9 nitrogen and oxygen atoms in total. The zero-order valence-electron chi connectivity index (χ0n) is 17.9. The molecule has 0 bridgehead atoms. The molecule has 0 saturated carbocycles. The predicted octanol–water partition coefficient (Wildman–Crippen LogP) is 1.33. The molecule has 4 rings (SSSR count). The summed E-state index contributed by atoms with van der Waals surface area (Å²) in [6.45, 7) is 4.10. The Hall–Kier alpha value is -3.07. The van der Waals surface area contributed by atoms with Gasteiger partial charge in [0.2, 0.25) is 0 Å². The molecule has 1 aromatic carbocycles. The molecule has 0 amide bonds. The topological polar surface area (TPSA) is 109 Å². The lowest BCUT2D eigenvalue weighted by Crippen LogP contribution is -2.44. The molecule has 0 radical (unpaired) electrons. The number of nitrogens with zero attached hydrogens (tertiary/aromatic N) is 3. The van der Waals surface area contributed by atoms with Crippen LogP contribution in [-0.4, -0.2) is 46.1 Å². The molecule has 2 N–H and O–H groups in total. The molecular formula is C22H28N4O5. The number of anilines is 1. The Morgan fingerprint density at radius 2 is 1.94 bits per heavy atom. The van der Waals surface area contributed by atoms with Gasteiger partial charge in [-0.25, -0.2) is 4.79 Å². The third-order valence-corrected chi connectivity index (χ3v) is 5.97. The quantitative estimate of drug-likeness (QED) is 0.692. The van der Waals surface area contributed by atoms with Crippen molar-refractivity contribution in [1.29, 1.82) is 0 Å². The molecule has 3 heterocycles. The first-order chi connectivity index (χ1) is 14.9. The lowest BCUT2D eigenvalue weighted by atomic mass is 10.0. The van der Waals surface area contributed by atoms with E-state index in [1.54, 1.807) is 0 Å². The summed E-state index contributed by atoms with van der Waals surface area (Å²) in [6.07, 6.45) is 2.50. The summed E-state index contributed by atoms with van der Waals surface area (Å²) in [6, 6.07) is 5.90. The van der Waals surface area contributed by atoms with Crippen LogP contribution in [0, 0.1) is 0 Å². The van der Waals surface area contributed by atoms with Crippen molar-refractivity contribution in [3.8, 4) is 11.5 Å². The van der Waals surface area contributed by atoms with Crippen molar-refractivity contribution in [2.75, 3.05) is 32.0 Å². The van der Waals surface area contributed by atoms with Crippen LogP contribution in [0.5, 0.6) is 11.5 Å². The van der Waals surface area contributed by atoms with Crippen LogP contribution in [0.4, 0.5) is 5.82 Å². The Labute approximate surface area is 180 Å². The number of aromatic nitrogens is 2. The molecule has 0 unspecified atom stereocenters. The van der Waals surface area contributed by atoms with Gasteiger partial charge in [-0.15, -0.1) is 0 Å². The van der Waals surface area contributed by atoms with E-state index in [-0.39, 0.29) is 29.8 Å². The van der Waals surface area contributed by atoms with E-state index in [0.717, 1.165) is 35.3 Å². The maximum atomic E-state index is 13.2. The maximum absolute atomic E-state index is 13.2. The Bertz CT molecular complexity index is 1120. The van der Waals surface area contributed by atoms with Crippen LogP contribution in [0.3, 0.4) is 0 Å². The lowest BCUT2D eigenvalue weighted by Gasteiger charge is -2.26. The molecular weight excluding hydrogens is 400 g/mol. The fraction of sp³-hybridized carbons (Fsp3) is 0.500. The standard InChI is InChI=1S/C22H28N4O5/c1-3-8-26-20(23)19(21(28)24(2)22(26)29)16(27)13-25-9-4-5-15(25)14-6-7-17-18(12-14)31-11-10-30-17/h6-7,12,15H,3-5,8-11,13,23H2,1-2H3/t15-/m1/s1. The zero-order chi connectivity index (χ0) is 22.1. The van der Waals surface area contributed by atoms with Crippen molar-refractivity contribution >= 4 is 11.6 Å². The van der Waals surface area contributed by atoms with E-state index in [9.17, 15) is 14.4 Å². The van der Waals surface area contributed by atoms with Crippen LogP contribution in [0.15, 0.2) is 27.8 Å². The number of nitrogens with two attached hydrogens (primary N) is 1. The van der Waals surface area contributed by atoms with Gasteiger partial charge >= 0.3 is 5.69 Å². The van der Waals surface area contributed by atoms with E-state index in [1.165, 1.54) is 11.6 Å². The van der Waals surface area contributed by atoms with Crippen molar-refractivity contribution in [1.82, 2.24) is 14.0 Å². The number of benzene rings is 1. The number of hydrogen-bond acceptors (Lipinski definition) is 7. The second-order valence-corrected chi connectivity index (χ2v) is 8.01. The highest BCUT2D eigenvalue weighted by Gasteiger charge is 2.31. The van der Waals surface area contributed by atoms with Crippen molar-refractivity contribution in [3.63, 3.8) is 0 Å². The van der Waals surface area contributed by atoms with Crippen LogP contribution in [0.25, 0.3) is 0 Å². The fourth-order valence-corrected chi connectivity index (χ4v) is 4.41. The van der Waals surface area contributed by atoms with Gasteiger partial charge < -0.3 is 15.2 Å². The molecule has 1 aromatic heterocycles. The molecule has 2 aliphatic heterocycles. The van der Waals surface area contributed by atoms with Gasteiger partial charge in [0.1, 0.15) is 24.6 Å². The molecule has 0 aliphatic carbocycles. The summed E-state index contributed by atoms with van der Waals surface area (Å²) in [7, 11) is 1.38. The van der Waals surface area contributed by atoms with Crippen LogP contribution in [0.1, 0.15) is 48.1 Å². The summed E-state index contributed by atoms with van der Waals surface area (Å²) in [4.78, 5) is 40.3. The number of carbonyl (C=O) groups is 1. The number of ether oxygens (including phenoxy) is 2. The number of likely N-dealkylation sites (tertiary alicyclic amines) is 1. The monoisotopic (exact) mass is 428 g/mol. The summed E-state index contributed by atoms with van der Waals surface area (Å²) in [5, 5.41) is 0. The molecule has 1 saturated heterocycles. The second-order valence-electron chi connectivity index (χ2n) is 8.01. The second kappa shape index (κ2) is 8.58. The van der Waals surface area contributed by atoms with Gasteiger partial charge in [0.05, 0.1) is 6.54 Å². The van der Waals surface area contributed by atoms with E-state index in [1.807, 2.05) is 25.1 Å². The minimum Gasteiger partial charge on any atom is -0.486 e. The van der Waals surface area contributed by atoms with Crippen molar-refractivity contribution < 1.29 is 14.3 Å². The molecule has 2 aromatic rings. The van der Waals surface area contributed by atoms with E-state index in [2.05, 4.69) is 4.90 Å².